The number of unbranched alkanes of at least 4 members (excludes halogenated alkanes) is 11. The van der Waals surface area contributed by atoms with Gasteiger partial charge in [0, 0.05) is 32.4 Å². The lowest BCUT2D eigenvalue weighted by molar-refractivity contribution is -0.137. The normalized spacial score (nSPS) is 11.7. The number of carbonyl (C=O) groups excluding carboxylic acids is 1. The Labute approximate surface area is 203 Å². The zero-order valence-corrected chi connectivity index (χ0v) is 21.0. The number of carbonyl (C=O) groups is 2. The molecule has 0 saturated heterocycles. The van der Waals surface area contributed by atoms with Gasteiger partial charge in [0.25, 0.3) is 0 Å². The number of aliphatic carboxylic acids is 1. The van der Waals surface area contributed by atoms with Gasteiger partial charge in [-0.15, -0.1) is 24.7 Å². The topological polar surface area (TPSA) is 57.6 Å². The summed E-state index contributed by atoms with van der Waals surface area (Å²) in [7, 11) is 0. The number of hydrogen-bond donors (Lipinski definition) is 1. The molecular formula is C29H47NO3. The molecule has 0 rings (SSSR count). The standard InChI is InChI=1S/C29H47NO3/c1-4-7-10-17-22-27(23-18-15-13-11-12-14-16-19-24-28(31)32)29(33)30(25-20-8-5-2)26-21-9-6-3/h2-3,17,22,27H,4,7-16,18-21,23-26H2,1H3,(H,31,32)/b22-17-. The molecule has 4 heteroatoms. The summed E-state index contributed by atoms with van der Waals surface area (Å²) in [5, 5.41) is 8.67. The molecule has 1 N–H and O–H groups in total. The summed E-state index contributed by atoms with van der Waals surface area (Å²) in [5.74, 6) is 4.80. The van der Waals surface area contributed by atoms with Gasteiger partial charge in [-0.25, -0.2) is 0 Å². The fourth-order valence-corrected chi connectivity index (χ4v) is 3.90. The Balaban J connectivity index is 4.57. The summed E-state index contributed by atoms with van der Waals surface area (Å²) < 4.78 is 0. The maximum absolute atomic E-state index is 13.3. The average molecular weight is 458 g/mol. The van der Waals surface area contributed by atoms with E-state index in [0.717, 1.165) is 77.0 Å². The maximum atomic E-state index is 13.3. The van der Waals surface area contributed by atoms with Crippen molar-refractivity contribution in [2.24, 2.45) is 5.92 Å². The molecule has 33 heavy (non-hydrogen) atoms. The first kappa shape index (κ1) is 30.8. The van der Waals surface area contributed by atoms with Crippen LogP contribution in [0.4, 0.5) is 0 Å². The third kappa shape index (κ3) is 19.0. The third-order valence-corrected chi connectivity index (χ3v) is 5.88. The second-order valence-corrected chi connectivity index (χ2v) is 8.88. The van der Waals surface area contributed by atoms with Crippen LogP contribution in [0.1, 0.15) is 116 Å². The van der Waals surface area contributed by atoms with E-state index in [2.05, 4.69) is 30.9 Å². The first-order valence-electron chi connectivity index (χ1n) is 13.1. The number of hydrogen-bond acceptors (Lipinski definition) is 2. The number of carboxylic acids is 1. The van der Waals surface area contributed by atoms with Gasteiger partial charge in [0.2, 0.25) is 5.91 Å². The summed E-state index contributed by atoms with van der Waals surface area (Å²) >= 11 is 0. The number of allylic oxidation sites excluding steroid dienone is 1. The fraction of sp³-hybridized carbons (Fsp3) is 0.724. The smallest absolute Gasteiger partial charge is 0.303 e. The van der Waals surface area contributed by atoms with E-state index < -0.39 is 5.97 Å². The molecule has 0 bridgehead atoms. The van der Waals surface area contributed by atoms with E-state index in [0.29, 0.717) is 25.9 Å². The predicted molar refractivity (Wildman–Crippen MR) is 139 cm³/mol. The number of nitrogens with zero attached hydrogens (tertiary/aromatic N) is 1. The van der Waals surface area contributed by atoms with Gasteiger partial charge < -0.3 is 10.0 Å². The molecule has 0 aromatic carbocycles. The molecule has 0 aromatic heterocycles. The summed E-state index contributed by atoms with van der Waals surface area (Å²) in [5.41, 5.74) is 0. The van der Waals surface area contributed by atoms with Gasteiger partial charge in [-0.05, 0) is 32.1 Å². The number of terminal acetylenes is 2. The average Bonchev–Trinajstić information content (AvgIpc) is 2.80. The Kier molecular flexibility index (Phi) is 21.4. The number of carboxylic acid groups (broad SMARTS) is 1. The van der Waals surface area contributed by atoms with Gasteiger partial charge in [-0.2, -0.15) is 0 Å². The molecule has 0 aliphatic heterocycles. The van der Waals surface area contributed by atoms with E-state index in [4.69, 9.17) is 18.0 Å². The zero-order valence-electron chi connectivity index (χ0n) is 21.0. The fourth-order valence-electron chi connectivity index (χ4n) is 3.90. The van der Waals surface area contributed by atoms with Gasteiger partial charge in [-0.1, -0.05) is 76.9 Å². The minimum atomic E-state index is -0.700. The Morgan fingerprint density at radius 2 is 1.39 bits per heavy atom. The Hall–Kier alpha value is -2.20. The van der Waals surface area contributed by atoms with E-state index >= 15 is 0 Å². The lowest BCUT2D eigenvalue weighted by Gasteiger charge is -2.26. The monoisotopic (exact) mass is 457 g/mol. The van der Waals surface area contributed by atoms with E-state index in [1.165, 1.54) is 12.8 Å². The highest BCUT2D eigenvalue weighted by Gasteiger charge is 2.21. The van der Waals surface area contributed by atoms with Crippen LogP contribution in [0.2, 0.25) is 0 Å². The van der Waals surface area contributed by atoms with Crippen LogP contribution in [0, 0.1) is 30.6 Å². The van der Waals surface area contributed by atoms with Crippen molar-refractivity contribution < 1.29 is 14.7 Å². The molecule has 186 valence electrons. The molecule has 0 spiro atoms. The number of rotatable bonds is 22. The van der Waals surface area contributed by atoms with Crippen LogP contribution in [0.15, 0.2) is 12.2 Å². The molecular weight excluding hydrogens is 410 g/mol. The largest absolute Gasteiger partial charge is 0.481 e. The van der Waals surface area contributed by atoms with E-state index in [1.54, 1.807) is 0 Å². The maximum Gasteiger partial charge on any atom is 0.303 e. The highest BCUT2D eigenvalue weighted by molar-refractivity contribution is 5.80. The quantitative estimate of drug-likeness (QED) is 0.108. The summed E-state index contributed by atoms with van der Waals surface area (Å²) in [6.07, 6.45) is 31.3. The lowest BCUT2D eigenvalue weighted by atomic mass is 9.97. The second-order valence-electron chi connectivity index (χ2n) is 8.88. The van der Waals surface area contributed by atoms with Crippen LogP contribution in [0.5, 0.6) is 0 Å². The van der Waals surface area contributed by atoms with Gasteiger partial charge in [0.1, 0.15) is 0 Å². The molecule has 1 unspecified atom stereocenters. The van der Waals surface area contributed by atoms with Crippen molar-refractivity contribution in [3.63, 3.8) is 0 Å². The molecule has 0 fully saturated rings. The zero-order chi connectivity index (χ0) is 24.6. The van der Waals surface area contributed by atoms with Crippen molar-refractivity contribution in [1.82, 2.24) is 4.90 Å². The van der Waals surface area contributed by atoms with Crippen molar-refractivity contribution in [2.75, 3.05) is 13.1 Å². The van der Waals surface area contributed by atoms with Gasteiger partial charge in [-0.3, -0.25) is 9.59 Å². The van der Waals surface area contributed by atoms with Crippen LogP contribution in [-0.2, 0) is 9.59 Å². The summed E-state index contributed by atoms with van der Waals surface area (Å²) in [6.45, 7) is 3.59. The molecule has 0 aliphatic carbocycles. The van der Waals surface area contributed by atoms with Crippen LogP contribution in [0.25, 0.3) is 0 Å². The minimum absolute atomic E-state index is 0.0606. The van der Waals surface area contributed by atoms with E-state index in [9.17, 15) is 9.59 Å². The molecule has 1 amide bonds. The van der Waals surface area contributed by atoms with Crippen LogP contribution in [0.3, 0.4) is 0 Å². The predicted octanol–water partition coefficient (Wildman–Crippen LogP) is 6.99. The van der Waals surface area contributed by atoms with Gasteiger partial charge >= 0.3 is 5.97 Å². The first-order chi connectivity index (χ1) is 16.1. The summed E-state index contributed by atoms with van der Waals surface area (Å²) in [6, 6.07) is 0. The molecule has 0 aromatic rings. The van der Waals surface area contributed by atoms with Crippen LogP contribution < -0.4 is 0 Å². The lowest BCUT2D eigenvalue weighted by Crippen LogP contribution is -2.37. The van der Waals surface area contributed by atoms with Crippen molar-refractivity contribution >= 4 is 11.9 Å². The molecule has 0 aliphatic rings. The minimum Gasteiger partial charge on any atom is -0.481 e. The van der Waals surface area contributed by atoms with Gasteiger partial charge in [0.15, 0.2) is 0 Å². The van der Waals surface area contributed by atoms with Crippen molar-refractivity contribution in [3.05, 3.63) is 12.2 Å². The summed E-state index contributed by atoms with van der Waals surface area (Å²) in [4.78, 5) is 25.8. The van der Waals surface area contributed by atoms with E-state index in [1.807, 2.05) is 4.90 Å². The van der Waals surface area contributed by atoms with Crippen molar-refractivity contribution in [1.29, 1.82) is 0 Å². The van der Waals surface area contributed by atoms with Crippen molar-refractivity contribution in [2.45, 2.75) is 116 Å². The molecule has 0 heterocycles. The molecule has 1 atom stereocenters. The third-order valence-electron chi connectivity index (χ3n) is 5.88. The molecule has 4 nitrogen and oxygen atoms in total. The Bertz CT molecular complexity index is 591. The Morgan fingerprint density at radius 1 is 0.848 bits per heavy atom. The van der Waals surface area contributed by atoms with E-state index in [-0.39, 0.29) is 18.2 Å². The highest BCUT2D eigenvalue weighted by Crippen LogP contribution is 2.18. The van der Waals surface area contributed by atoms with Crippen LogP contribution in [-0.4, -0.2) is 35.0 Å². The van der Waals surface area contributed by atoms with Crippen LogP contribution >= 0.6 is 0 Å². The first-order valence-corrected chi connectivity index (χ1v) is 13.1. The van der Waals surface area contributed by atoms with Gasteiger partial charge in [0.05, 0.1) is 5.92 Å². The Morgan fingerprint density at radius 3 is 1.91 bits per heavy atom. The SMILES string of the molecule is C#CCCCN(CCCC#C)C(=O)C(/C=C\CCCC)CCCCCCCCCCC(=O)O. The second kappa shape index (κ2) is 23.0. The highest BCUT2D eigenvalue weighted by atomic mass is 16.4. The molecule has 0 saturated carbocycles. The number of amides is 1. The molecule has 0 radical (unpaired) electrons. The van der Waals surface area contributed by atoms with Crippen molar-refractivity contribution in [3.8, 4) is 24.7 Å².